The zero-order valence-corrected chi connectivity index (χ0v) is 18.1. The summed E-state index contributed by atoms with van der Waals surface area (Å²) >= 11 is 6.19. The predicted octanol–water partition coefficient (Wildman–Crippen LogP) is 5.90. The molecular weight excluding hydrogens is 444 g/mol. The first-order chi connectivity index (χ1) is 13.0. The number of anilines is 3. The summed E-state index contributed by atoms with van der Waals surface area (Å²) in [6, 6.07) is 15.8. The highest BCUT2D eigenvalue weighted by Gasteiger charge is 2.09. The number of nitrogens with zero attached hydrogens (tertiary/aromatic N) is 2. The van der Waals surface area contributed by atoms with Crippen LogP contribution in [-0.4, -0.2) is 21.9 Å². The van der Waals surface area contributed by atoms with E-state index in [-0.39, 0.29) is 11.7 Å². The van der Waals surface area contributed by atoms with E-state index in [1.807, 2.05) is 36.4 Å². The molecule has 140 valence electrons. The number of carbonyl (C=O) groups is 1. The zero-order valence-electron chi connectivity index (χ0n) is 14.9. The molecule has 2 N–H and O–H groups in total. The number of nitrogens with one attached hydrogen (secondary N) is 2. The standard InChI is InChI=1S/C19H19BrN4OS2/c1-12(2)13-6-8-15(9-7-13)22-18-23-24-19(27-18)26-11-17(25)21-16-5-3-4-14(20)10-16/h3-10,12H,11H2,1-2H3,(H,21,25)(H,22,23). The molecule has 2 aromatic carbocycles. The van der Waals surface area contributed by atoms with E-state index in [4.69, 9.17) is 0 Å². The first-order valence-corrected chi connectivity index (χ1v) is 11.0. The summed E-state index contributed by atoms with van der Waals surface area (Å²) in [6.45, 7) is 4.34. The Morgan fingerprint density at radius 3 is 2.63 bits per heavy atom. The largest absolute Gasteiger partial charge is 0.330 e. The fourth-order valence-corrected chi connectivity index (χ4v) is 4.26. The molecule has 0 aliphatic rings. The van der Waals surface area contributed by atoms with E-state index >= 15 is 0 Å². The fourth-order valence-electron chi connectivity index (χ4n) is 2.28. The number of rotatable bonds is 7. The second-order valence-corrected chi connectivity index (χ2v) is 9.24. The molecule has 1 aromatic heterocycles. The molecule has 1 amide bonds. The van der Waals surface area contributed by atoms with Crippen LogP contribution in [0.3, 0.4) is 0 Å². The van der Waals surface area contributed by atoms with Gasteiger partial charge in [-0.05, 0) is 41.8 Å². The van der Waals surface area contributed by atoms with Crippen molar-refractivity contribution in [2.24, 2.45) is 0 Å². The SMILES string of the molecule is CC(C)c1ccc(Nc2nnc(SCC(=O)Nc3cccc(Br)c3)s2)cc1. The molecule has 5 nitrogen and oxygen atoms in total. The maximum atomic E-state index is 12.1. The third-order valence-corrected chi connectivity index (χ3v) is 6.14. The predicted molar refractivity (Wildman–Crippen MR) is 117 cm³/mol. The summed E-state index contributed by atoms with van der Waals surface area (Å²) in [6.07, 6.45) is 0. The lowest BCUT2D eigenvalue weighted by atomic mass is 10.0. The molecule has 0 fully saturated rings. The Kier molecular flexibility index (Phi) is 6.87. The minimum atomic E-state index is -0.0768. The normalized spacial score (nSPS) is 10.8. The lowest BCUT2D eigenvalue weighted by Crippen LogP contribution is -2.13. The van der Waals surface area contributed by atoms with Crippen molar-refractivity contribution >= 4 is 61.4 Å². The average Bonchev–Trinajstić information content (AvgIpc) is 3.08. The number of benzene rings is 2. The highest BCUT2D eigenvalue weighted by Crippen LogP contribution is 2.28. The van der Waals surface area contributed by atoms with E-state index in [0.29, 0.717) is 11.0 Å². The molecule has 0 unspecified atom stereocenters. The Labute approximate surface area is 175 Å². The van der Waals surface area contributed by atoms with Crippen molar-refractivity contribution in [1.82, 2.24) is 10.2 Å². The number of hydrogen-bond donors (Lipinski definition) is 2. The van der Waals surface area contributed by atoms with Crippen LogP contribution in [0.2, 0.25) is 0 Å². The van der Waals surface area contributed by atoms with Gasteiger partial charge in [0.25, 0.3) is 0 Å². The van der Waals surface area contributed by atoms with Gasteiger partial charge in [-0.2, -0.15) is 0 Å². The molecule has 3 rings (SSSR count). The number of thioether (sulfide) groups is 1. The summed E-state index contributed by atoms with van der Waals surface area (Å²) in [4.78, 5) is 12.1. The lowest BCUT2D eigenvalue weighted by molar-refractivity contribution is -0.113. The number of amides is 1. The second kappa shape index (κ2) is 9.34. The number of halogens is 1. The lowest BCUT2D eigenvalue weighted by Gasteiger charge is -2.06. The maximum Gasteiger partial charge on any atom is 0.234 e. The van der Waals surface area contributed by atoms with Gasteiger partial charge in [-0.1, -0.05) is 71.1 Å². The molecule has 0 aliphatic carbocycles. The van der Waals surface area contributed by atoms with Crippen LogP contribution in [0.4, 0.5) is 16.5 Å². The summed E-state index contributed by atoms with van der Waals surface area (Å²) in [7, 11) is 0. The summed E-state index contributed by atoms with van der Waals surface area (Å²) in [5.74, 6) is 0.711. The van der Waals surface area contributed by atoms with Crippen molar-refractivity contribution in [3.8, 4) is 0 Å². The minimum Gasteiger partial charge on any atom is -0.330 e. The number of aromatic nitrogens is 2. The molecule has 0 spiro atoms. The maximum absolute atomic E-state index is 12.1. The Morgan fingerprint density at radius 1 is 1.15 bits per heavy atom. The molecule has 3 aromatic rings. The van der Waals surface area contributed by atoms with E-state index in [9.17, 15) is 4.79 Å². The molecule has 0 saturated carbocycles. The Balaban J connectivity index is 1.51. The van der Waals surface area contributed by atoms with Gasteiger partial charge in [-0.3, -0.25) is 4.79 Å². The summed E-state index contributed by atoms with van der Waals surface area (Å²) in [5.41, 5.74) is 3.03. The molecule has 1 heterocycles. The number of hydrogen-bond acceptors (Lipinski definition) is 6. The Bertz CT molecular complexity index is 912. The summed E-state index contributed by atoms with van der Waals surface area (Å²) in [5, 5.41) is 15.1. The molecule has 0 radical (unpaired) electrons. The van der Waals surface area contributed by atoms with Crippen LogP contribution >= 0.6 is 39.0 Å². The highest BCUT2D eigenvalue weighted by molar-refractivity contribution is 9.10. The van der Waals surface area contributed by atoms with Gasteiger partial charge >= 0.3 is 0 Å². The number of carbonyl (C=O) groups excluding carboxylic acids is 1. The molecule has 0 aliphatic heterocycles. The monoisotopic (exact) mass is 462 g/mol. The second-order valence-electron chi connectivity index (χ2n) is 6.12. The van der Waals surface area contributed by atoms with Crippen LogP contribution in [0.15, 0.2) is 57.3 Å². The first kappa shape index (κ1) is 19.9. The average molecular weight is 463 g/mol. The van der Waals surface area contributed by atoms with E-state index in [0.717, 1.165) is 20.2 Å². The van der Waals surface area contributed by atoms with Gasteiger partial charge in [-0.25, -0.2) is 0 Å². The Morgan fingerprint density at radius 2 is 1.93 bits per heavy atom. The first-order valence-electron chi connectivity index (χ1n) is 8.38. The van der Waals surface area contributed by atoms with E-state index < -0.39 is 0 Å². The van der Waals surface area contributed by atoms with Crippen LogP contribution in [0, 0.1) is 0 Å². The van der Waals surface area contributed by atoms with Gasteiger partial charge in [0.1, 0.15) is 0 Å². The van der Waals surface area contributed by atoms with Gasteiger partial charge in [-0.15, -0.1) is 10.2 Å². The van der Waals surface area contributed by atoms with Crippen molar-refractivity contribution in [1.29, 1.82) is 0 Å². The third kappa shape index (κ3) is 6.05. The van der Waals surface area contributed by atoms with Gasteiger partial charge in [0.05, 0.1) is 5.75 Å². The van der Waals surface area contributed by atoms with Gasteiger partial charge < -0.3 is 10.6 Å². The molecular formula is C19H19BrN4OS2. The fraction of sp³-hybridized carbons (Fsp3) is 0.211. The van der Waals surface area contributed by atoms with Crippen LogP contribution < -0.4 is 10.6 Å². The Hall–Kier alpha value is -1.90. The van der Waals surface area contributed by atoms with Crippen LogP contribution in [0.5, 0.6) is 0 Å². The molecule has 0 atom stereocenters. The van der Waals surface area contributed by atoms with Crippen molar-refractivity contribution in [2.75, 3.05) is 16.4 Å². The van der Waals surface area contributed by atoms with Crippen LogP contribution in [-0.2, 0) is 4.79 Å². The third-order valence-electron chi connectivity index (χ3n) is 3.67. The summed E-state index contributed by atoms with van der Waals surface area (Å²) < 4.78 is 1.68. The molecule has 8 heteroatoms. The van der Waals surface area contributed by atoms with Crippen molar-refractivity contribution in [3.05, 3.63) is 58.6 Å². The van der Waals surface area contributed by atoms with Gasteiger partial charge in [0, 0.05) is 15.8 Å². The van der Waals surface area contributed by atoms with Gasteiger partial charge in [0.2, 0.25) is 11.0 Å². The zero-order chi connectivity index (χ0) is 19.2. The molecule has 0 bridgehead atoms. The topological polar surface area (TPSA) is 66.9 Å². The van der Waals surface area contributed by atoms with E-state index in [1.165, 1.54) is 28.7 Å². The van der Waals surface area contributed by atoms with Crippen LogP contribution in [0.25, 0.3) is 0 Å². The quantitative estimate of drug-likeness (QED) is 0.427. The van der Waals surface area contributed by atoms with Gasteiger partial charge in [0.15, 0.2) is 4.34 Å². The van der Waals surface area contributed by atoms with Crippen molar-refractivity contribution < 1.29 is 4.79 Å². The molecule has 0 saturated heterocycles. The van der Waals surface area contributed by atoms with E-state index in [2.05, 4.69) is 62.7 Å². The molecule has 27 heavy (non-hydrogen) atoms. The minimum absolute atomic E-state index is 0.0768. The van der Waals surface area contributed by atoms with Crippen LogP contribution in [0.1, 0.15) is 25.3 Å². The van der Waals surface area contributed by atoms with E-state index in [1.54, 1.807) is 0 Å². The van der Waals surface area contributed by atoms with Crippen molar-refractivity contribution in [2.45, 2.75) is 24.1 Å². The highest BCUT2D eigenvalue weighted by atomic mass is 79.9. The smallest absolute Gasteiger partial charge is 0.234 e. The van der Waals surface area contributed by atoms with Crippen molar-refractivity contribution in [3.63, 3.8) is 0 Å².